The van der Waals surface area contributed by atoms with Gasteiger partial charge in [-0.25, -0.2) is 0 Å². The summed E-state index contributed by atoms with van der Waals surface area (Å²) in [5.41, 5.74) is 0.986. The molecule has 0 saturated heterocycles. The van der Waals surface area contributed by atoms with Crippen LogP contribution in [0.5, 0.6) is 0 Å². The van der Waals surface area contributed by atoms with Crippen molar-refractivity contribution in [3.05, 3.63) is 43.7 Å². The summed E-state index contributed by atoms with van der Waals surface area (Å²) in [6.45, 7) is 7.56. The third-order valence-corrected chi connectivity index (χ3v) is 6.30. The van der Waals surface area contributed by atoms with Gasteiger partial charge in [0.15, 0.2) is 0 Å². The number of halogens is 3. The van der Waals surface area contributed by atoms with Gasteiger partial charge in [0.2, 0.25) is 0 Å². The minimum atomic E-state index is 0.374. The maximum absolute atomic E-state index is 6.37. The zero-order chi connectivity index (χ0) is 15.6. The minimum absolute atomic E-state index is 0.374. The molecule has 1 nitrogen and oxygen atoms in total. The highest BCUT2D eigenvalue weighted by atomic mass is 79.9. The summed E-state index contributed by atoms with van der Waals surface area (Å²) in [6.07, 6.45) is 0. The lowest BCUT2D eigenvalue weighted by Gasteiger charge is -2.20. The van der Waals surface area contributed by atoms with E-state index in [0.29, 0.717) is 22.0 Å². The summed E-state index contributed by atoms with van der Waals surface area (Å²) in [5.74, 6) is 0.542. The van der Waals surface area contributed by atoms with Crippen molar-refractivity contribution < 1.29 is 0 Å². The van der Waals surface area contributed by atoms with E-state index in [2.05, 4.69) is 54.2 Å². The first-order valence-electron chi connectivity index (χ1n) is 6.92. The maximum Gasteiger partial charge on any atom is 0.0740 e. The molecule has 0 amide bonds. The van der Waals surface area contributed by atoms with Gasteiger partial charge in [-0.3, -0.25) is 0 Å². The van der Waals surface area contributed by atoms with Gasteiger partial charge in [-0.2, -0.15) is 0 Å². The van der Waals surface area contributed by atoms with E-state index in [-0.39, 0.29) is 0 Å². The average molecular weight is 407 g/mol. The van der Waals surface area contributed by atoms with Crippen molar-refractivity contribution in [2.75, 3.05) is 6.54 Å². The molecule has 2 rings (SSSR count). The molecule has 114 valence electrons. The van der Waals surface area contributed by atoms with Crippen molar-refractivity contribution >= 4 is 50.5 Å². The van der Waals surface area contributed by atoms with Gasteiger partial charge in [-0.1, -0.05) is 50.0 Å². The van der Waals surface area contributed by atoms with Crippen LogP contribution in [0.1, 0.15) is 31.7 Å². The Morgan fingerprint density at radius 3 is 2.48 bits per heavy atom. The molecule has 0 spiro atoms. The van der Waals surface area contributed by atoms with Crippen LogP contribution in [0, 0.1) is 5.92 Å². The molecule has 0 radical (unpaired) electrons. The predicted octanol–water partition coefficient (Wildman–Crippen LogP) is 6.79. The molecule has 2 aromatic rings. The molecular formula is C16H18BrCl2NS. The van der Waals surface area contributed by atoms with Crippen molar-refractivity contribution in [2.24, 2.45) is 5.92 Å². The molecule has 0 aliphatic heterocycles. The fourth-order valence-electron chi connectivity index (χ4n) is 2.27. The van der Waals surface area contributed by atoms with Crippen LogP contribution in [0.2, 0.25) is 10.0 Å². The Bertz CT molecular complexity index is 625. The first-order valence-corrected chi connectivity index (χ1v) is 9.29. The molecular weight excluding hydrogens is 389 g/mol. The van der Waals surface area contributed by atoms with Gasteiger partial charge >= 0.3 is 0 Å². The Morgan fingerprint density at radius 1 is 1.14 bits per heavy atom. The van der Waals surface area contributed by atoms with Crippen molar-refractivity contribution in [1.82, 2.24) is 5.32 Å². The molecule has 0 aliphatic carbocycles. The molecule has 5 heteroatoms. The molecule has 0 saturated carbocycles. The summed E-state index contributed by atoms with van der Waals surface area (Å²) in [4.78, 5) is 2.48. The van der Waals surface area contributed by atoms with Crippen LogP contribution in [-0.2, 0) is 0 Å². The summed E-state index contributed by atoms with van der Waals surface area (Å²) >= 11 is 17.8. The second kappa shape index (κ2) is 7.47. The smallest absolute Gasteiger partial charge is 0.0740 e. The van der Waals surface area contributed by atoms with Crippen LogP contribution in [0.15, 0.2) is 28.7 Å². The molecule has 1 heterocycles. The molecule has 1 aromatic heterocycles. The molecule has 0 fully saturated rings. The zero-order valence-corrected chi connectivity index (χ0v) is 16.1. The SMILES string of the molecule is CCNC(c1ccc(-c2ccc(Br)c(Cl)c2Cl)s1)C(C)C. The summed E-state index contributed by atoms with van der Waals surface area (Å²) in [6, 6.07) is 8.62. The number of thiophene rings is 1. The van der Waals surface area contributed by atoms with Gasteiger partial charge in [0.1, 0.15) is 0 Å². The second-order valence-corrected chi connectivity index (χ2v) is 7.93. The van der Waals surface area contributed by atoms with Crippen molar-refractivity contribution in [1.29, 1.82) is 0 Å². The van der Waals surface area contributed by atoms with Crippen LogP contribution in [0.4, 0.5) is 0 Å². The van der Waals surface area contributed by atoms with Crippen molar-refractivity contribution in [2.45, 2.75) is 26.8 Å². The number of hydrogen-bond donors (Lipinski definition) is 1. The lowest BCUT2D eigenvalue weighted by Crippen LogP contribution is -2.24. The van der Waals surface area contributed by atoms with Crippen molar-refractivity contribution in [3.63, 3.8) is 0 Å². The first-order chi connectivity index (χ1) is 9.95. The maximum atomic E-state index is 6.37. The summed E-state index contributed by atoms with van der Waals surface area (Å²) in [7, 11) is 0. The fourth-order valence-corrected chi connectivity index (χ4v) is 4.49. The minimum Gasteiger partial charge on any atom is -0.309 e. The van der Waals surface area contributed by atoms with Gasteiger partial charge in [0, 0.05) is 25.8 Å². The topological polar surface area (TPSA) is 12.0 Å². The third-order valence-electron chi connectivity index (χ3n) is 3.32. The third kappa shape index (κ3) is 3.83. The molecule has 0 bridgehead atoms. The molecule has 21 heavy (non-hydrogen) atoms. The highest BCUT2D eigenvalue weighted by Crippen LogP contribution is 2.42. The number of rotatable bonds is 5. The number of nitrogens with one attached hydrogen (secondary N) is 1. The quantitative estimate of drug-likeness (QED) is 0.538. The van der Waals surface area contributed by atoms with Crippen LogP contribution >= 0.6 is 50.5 Å². The van der Waals surface area contributed by atoms with Gasteiger partial charge < -0.3 is 5.32 Å². The van der Waals surface area contributed by atoms with E-state index >= 15 is 0 Å². The highest BCUT2D eigenvalue weighted by molar-refractivity contribution is 9.10. The molecule has 1 aromatic carbocycles. The fraction of sp³-hybridized carbons (Fsp3) is 0.375. The Balaban J connectivity index is 2.38. The lowest BCUT2D eigenvalue weighted by molar-refractivity contribution is 0.428. The van der Waals surface area contributed by atoms with Gasteiger partial charge in [-0.05, 0) is 46.6 Å². The van der Waals surface area contributed by atoms with E-state index in [4.69, 9.17) is 23.2 Å². The van der Waals surface area contributed by atoms with E-state index in [1.165, 1.54) is 4.88 Å². The van der Waals surface area contributed by atoms with E-state index in [1.54, 1.807) is 11.3 Å². The lowest BCUT2D eigenvalue weighted by atomic mass is 10.0. The predicted molar refractivity (Wildman–Crippen MR) is 98.7 cm³/mol. The standard InChI is InChI=1S/C16H18BrCl2NS/c1-4-20-16(9(2)3)13-8-7-12(21-13)10-5-6-11(17)15(19)14(10)18/h5-9,16,20H,4H2,1-3H3. The molecule has 1 unspecified atom stereocenters. The van der Waals surface area contributed by atoms with E-state index in [0.717, 1.165) is 21.5 Å². The first kappa shape index (κ1) is 17.3. The Morgan fingerprint density at radius 2 is 1.86 bits per heavy atom. The van der Waals surface area contributed by atoms with E-state index in [1.807, 2.05) is 12.1 Å². The highest BCUT2D eigenvalue weighted by Gasteiger charge is 2.18. The molecule has 0 aliphatic rings. The Labute approximate surface area is 148 Å². The van der Waals surface area contributed by atoms with Crippen LogP contribution in [-0.4, -0.2) is 6.54 Å². The van der Waals surface area contributed by atoms with Crippen LogP contribution in [0.25, 0.3) is 10.4 Å². The van der Waals surface area contributed by atoms with E-state index < -0.39 is 0 Å². The van der Waals surface area contributed by atoms with Crippen LogP contribution in [0.3, 0.4) is 0 Å². The Hall–Kier alpha value is -0.0600. The molecule has 1 N–H and O–H groups in total. The average Bonchev–Trinajstić information content (AvgIpc) is 2.91. The molecule has 1 atom stereocenters. The van der Waals surface area contributed by atoms with E-state index in [9.17, 15) is 0 Å². The van der Waals surface area contributed by atoms with Crippen LogP contribution < -0.4 is 5.32 Å². The van der Waals surface area contributed by atoms with Gasteiger partial charge in [0.25, 0.3) is 0 Å². The second-order valence-electron chi connectivity index (χ2n) is 5.20. The number of benzene rings is 1. The van der Waals surface area contributed by atoms with Crippen molar-refractivity contribution in [3.8, 4) is 10.4 Å². The zero-order valence-electron chi connectivity index (χ0n) is 12.2. The number of hydrogen-bond acceptors (Lipinski definition) is 2. The van der Waals surface area contributed by atoms with Gasteiger partial charge in [0.05, 0.1) is 10.0 Å². The Kier molecular flexibility index (Phi) is 6.15. The largest absolute Gasteiger partial charge is 0.309 e. The normalized spacial score (nSPS) is 12.9. The van der Waals surface area contributed by atoms with Gasteiger partial charge in [-0.15, -0.1) is 11.3 Å². The summed E-state index contributed by atoms with van der Waals surface area (Å²) < 4.78 is 0.822. The monoisotopic (exact) mass is 405 g/mol. The summed E-state index contributed by atoms with van der Waals surface area (Å²) in [5, 5.41) is 4.71.